The van der Waals surface area contributed by atoms with Crippen LogP contribution in [0.1, 0.15) is 15.9 Å². The van der Waals surface area contributed by atoms with E-state index in [-0.39, 0.29) is 5.91 Å². The number of halogens is 2. The Morgan fingerprint density at radius 2 is 1.62 bits per heavy atom. The molecule has 0 atom stereocenters. The molecule has 4 nitrogen and oxygen atoms in total. The van der Waals surface area contributed by atoms with Crippen LogP contribution in [0.25, 0.3) is 16.9 Å². The molecule has 1 aromatic heterocycles. The molecule has 4 rings (SSSR count). The van der Waals surface area contributed by atoms with Crippen molar-refractivity contribution in [2.75, 3.05) is 5.32 Å². The number of carbonyl (C=O) groups is 1. The lowest BCUT2D eigenvalue weighted by Crippen LogP contribution is -2.15. The largest absolute Gasteiger partial charge is 0.306 e. The van der Waals surface area contributed by atoms with Gasteiger partial charge in [0.25, 0.3) is 5.91 Å². The van der Waals surface area contributed by atoms with Crippen molar-refractivity contribution in [3.8, 4) is 16.9 Å². The number of amides is 1. The number of nitrogens with one attached hydrogen (secondary N) is 1. The number of aromatic nitrogens is 2. The Bertz CT molecular complexity index is 1150. The van der Waals surface area contributed by atoms with Gasteiger partial charge < -0.3 is 5.32 Å². The quantitative estimate of drug-likeness (QED) is 0.460. The smallest absolute Gasteiger partial charge is 0.256 e. The minimum atomic E-state index is -0.392. The van der Waals surface area contributed by atoms with Gasteiger partial charge in [0.1, 0.15) is 11.6 Å². The summed E-state index contributed by atoms with van der Waals surface area (Å²) in [6, 6.07) is 22.3. The summed E-state index contributed by atoms with van der Waals surface area (Å²) in [5.41, 5.74) is 3.85. The summed E-state index contributed by atoms with van der Waals surface area (Å²) in [4.78, 5) is 12.7. The zero-order chi connectivity index (χ0) is 20.4. The first-order chi connectivity index (χ1) is 14.0. The van der Waals surface area contributed by atoms with Gasteiger partial charge in [0.2, 0.25) is 0 Å². The summed E-state index contributed by atoms with van der Waals surface area (Å²) < 4.78 is 14.8. The Morgan fingerprint density at radius 1 is 0.966 bits per heavy atom. The first-order valence-corrected chi connectivity index (χ1v) is 9.37. The average molecular weight is 406 g/mol. The van der Waals surface area contributed by atoms with Crippen molar-refractivity contribution in [1.29, 1.82) is 0 Å². The van der Waals surface area contributed by atoms with Crippen LogP contribution in [0, 0.1) is 12.7 Å². The molecule has 3 aromatic carbocycles. The molecular formula is C23H17ClFN3O. The summed E-state index contributed by atoms with van der Waals surface area (Å²) >= 11 is 5.98. The second-order valence-electron chi connectivity index (χ2n) is 6.63. The number of hydrogen-bond donors (Lipinski definition) is 1. The van der Waals surface area contributed by atoms with Crippen LogP contribution in [-0.2, 0) is 0 Å². The predicted octanol–water partition coefficient (Wildman–Crippen LogP) is 5.89. The number of nitrogens with zero attached hydrogens (tertiary/aromatic N) is 2. The molecule has 1 heterocycles. The van der Waals surface area contributed by atoms with Crippen molar-refractivity contribution >= 4 is 23.3 Å². The second kappa shape index (κ2) is 7.89. The Labute approximate surface area is 172 Å². The molecule has 0 radical (unpaired) electrons. The predicted molar refractivity (Wildman–Crippen MR) is 113 cm³/mol. The van der Waals surface area contributed by atoms with E-state index in [1.807, 2.05) is 43.3 Å². The third-order valence-electron chi connectivity index (χ3n) is 4.48. The molecule has 1 N–H and O–H groups in total. The normalized spacial score (nSPS) is 10.7. The second-order valence-corrected chi connectivity index (χ2v) is 7.07. The van der Waals surface area contributed by atoms with E-state index in [0.29, 0.717) is 22.1 Å². The maximum atomic E-state index is 13.2. The molecule has 0 fully saturated rings. The van der Waals surface area contributed by atoms with E-state index in [9.17, 15) is 9.18 Å². The molecular weight excluding hydrogens is 389 g/mol. The summed E-state index contributed by atoms with van der Waals surface area (Å²) in [7, 11) is 0. The van der Waals surface area contributed by atoms with E-state index >= 15 is 0 Å². The lowest BCUT2D eigenvalue weighted by atomic mass is 10.1. The highest BCUT2D eigenvalue weighted by molar-refractivity contribution is 6.30. The molecule has 144 valence electrons. The monoisotopic (exact) mass is 405 g/mol. The molecule has 0 bridgehead atoms. The van der Waals surface area contributed by atoms with E-state index < -0.39 is 5.82 Å². The SMILES string of the molecule is Cc1ccc(-n2nc(-c3ccc(Cl)cc3)cc2NC(=O)c2ccc(F)cc2)cc1. The number of aryl methyl sites for hydroxylation is 1. The van der Waals surface area contributed by atoms with Crippen molar-refractivity contribution in [2.45, 2.75) is 6.92 Å². The molecule has 0 aliphatic carbocycles. The molecule has 1 amide bonds. The van der Waals surface area contributed by atoms with Gasteiger partial charge in [0.15, 0.2) is 0 Å². The third-order valence-corrected chi connectivity index (χ3v) is 4.73. The van der Waals surface area contributed by atoms with E-state index in [1.165, 1.54) is 24.3 Å². The topological polar surface area (TPSA) is 46.9 Å². The zero-order valence-corrected chi connectivity index (χ0v) is 16.3. The number of anilines is 1. The van der Waals surface area contributed by atoms with E-state index in [1.54, 1.807) is 22.9 Å². The van der Waals surface area contributed by atoms with Crippen LogP contribution >= 0.6 is 11.6 Å². The van der Waals surface area contributed by atoms with Crippen LogP contribution in [0.4, 0.5) is 10.2 Å². The number of hydrogen-bond acceptors (Lipinski definition) is 2. The van der Waals surface area contributed by atoms with Gasteiger partial charge in [-0.1, -0.05) is 41.4 Å². The first kappa shape index (κ1) is 18.9. The average Bonchev–Trinajstić information content (AvgIpc) is 3.13. The molecule has 0 aliphatic heterocycles. The third kappa shape index (κ3) is 4.20. The molecule has 0 aliphatic rings. The van der Waals surface area contributed by atoms with Gasteiger partial charge >= 0.3 is 0 Å². The minimum absolute atomic E-state index is 0.346. The van der Waals surface area contributed by atoms with Crippen molar-refractivity contribution in [3.05, 3.63) is 101 Å². The Kier molecular flexibility index (Phi) is 5.14. The van der Waals surface area contributed by atoms with Crippen LogP contribution in [0.3, 0.4) is 0 Å². The Balaban J connectivity index is 1.73. The molecule has 4 aromatic rings. The summed E-state index contributed by atoms with van der Waals surface area (Å²) in [5.74, 6) is -0.231. The van der Waals surface area contributed by atoms with Crippen molar-refractivity contribution in [2.24, 2.45) is 0 Å². The fourth-order valence-corrected chi connectivity index (χ4v) is 3.03. The van der Waals surface area contributed by atoms with Gasteiger partial charge in [-0.15, -0.1) is 0 Å². The van der Waals surface area contributed by atoms with Crippen LogP contribution in [0.15, 0.2) is 78.9 Å². The molecule has 29 heavy (non-hydrogen) atoms. The van der Waals surface area contributed by atoms with Crippen molar-refractivity contribution in [3.63, 3.8) is 0 Å². The fraction of sp³-hybridized carbons (Fsp3) is 0.0435. The highest BCUT2D eigenvalue weighted by Crippen LogP contribution is 2.26. The highest BCUT2D eigenvalue weighted by atomic mass is 35.5. The summed E-state index contributed by atoms with van der Waals surface area (Å²) in [6.45, 7) is 2.00. The van der Waals surface area contributed by atoms with Gasteiger partial charge in [-0.2, -0.15) is 5.10 Å². The van der Waals surface area contributed by atoms with Crippen LogP contribution in [-0.4, -0.2) is 15.7 Å². The van der Waals surface area contributed by atoms with Gasteiger partial charge in [-0.25, -0.2) is 9.07 Å². The Morgan fingerprint density at radius 3 is 2.28 bits per heavy atom. The standard InChI is InChI=1S/C23H17ClFN3O/c1-15-2-12-20(13-3-15)28-22(26-23(29)17-6-10-19(25)11-7-17)14-21(27-28)16-4-8-18(24)9-5-16/h2-14H,1H3,(H,26,29). The highest BCUT2D eigenvalue weighted by Gasteiger charge is 2.15. The van der Waals surface area contributed by atoms with Crippen LogP contribution in [0.2, 0.25) is 5.02 Å². The molecule has 6 heteroatoms. The van der Waals surface area contributed by atoms with Gasteiger partial charge in [-0.3, -0.25) is 4.79 Å². The number of carbonyl (C=O) groups excluding carboxylic acids is 1. The van der Waals surface area contributed by atoms with E-state index in [2.05, 4.69) is 10.4 Å². The lowest BCUT2D eigenvalue weighted by molar-refractivity contribution is 0.102. The summed E-state index contributed by atoms with van der Waals surface area (Å²) in [5, 5.41) is 8.18. The van der Waals surface area contributed by atoms with Crippen LogP contribution in [0.5, 0.6) is 0 Å². The van der Waals surface area contributed by atoms with Crippen molar-refractivity contribution in [1.82, 2.24) is 9.78 Å². The maximum absolute atomic E-state index is 13.2. The van der Waals surface area contributed by atoms with Gasteiger partial charge in [0, 0.05) is 22.2 Å². The Hall–Kier alpha value is -3.44. The first-order valence-electron chi connectivity index (χ1n) is 8.99. The van der Waals surface area contributed by atoms with E-state index in [0.717, 1.165) is 16.8 Å². The van der Waals surface area contributed by atoms with Gasteiger partial charge in [0.05, 0.1) is 11.4 Å². The van der Waals surface area contributed by atoms with E-state index in [4.69, 9.17) is 11.6 Å². The van der Waals surface area contributed by atoms with Crippen LogP contribution < -0.4 is 5.32 Å². The summed E-state index contributed by atoms with van der Waals surface area (Å²) in [6.07, 6.45) is 0. The molecule has 0 saturated carbocycles. The number of benzene rings is 3. The maximum Gasteiger partial charge on any atom is 0.256 e. The fourth-order valence-electron chi connectivity index (χ4n) is 2.90. The number of rotatable bonds is 4. The molecule has 0 unspecified atom stereocenters. The lowest BCUT2D eigenvalue weighted by Gasteiger charge is -2.09. The van der Waals surface area contributed by atoms with Crippen molar-refractivity contribution < 1.29 is 9.18 Å². The zero-order valence-electron chi connectivity index (χ0n) is 15.6. The molecule has 0 spiro atoms. The van der Waals surface area contributed by atoms with Gasteiger partial charge in [-0.05, 0) is 55.5 Å². The molecule has 0 saturated heterocycles. The minimum Gasteiger partial charge on any atom is -0.306 e.